The van der Waals surface area contributed by atoms with Gasteiger partial charge in [-0.2, -0.15) is 0 Å². The van der Waals surface area contributed by atoms with Crippen molar-refractivity contribution in [3.63, 3.8) is 0 Å². The molecule has 2 nitrogen and oxygen atoms in total. The third kappa shape index (κ3) is 3.51. The summed E-state index contributed by atoms with van der Waals surface area (Å²) in [5, 5.41) is 0. The van der Waals surface area contributed by atoms with Crippen LogP contribution in [0, 0.1) is 19.7 Å². The Morgan fingerprint density at radius 1 is 1.35 bits per heavy atom. The Hall–Kier alpha value is -0.930. The number of benzene rings is 1. The van der Waals surface area contributed by atoms with E-state index < -0.39 is 0 Å². The van der Waals surface area contributed by atoms with Crippen LogP contribution in [0.5, 0.6) is 0 Å². The SMILES string of the molecule is COC(C)(C)CC(N)c1c(C)cc(C)cc1F. The molecule has 0 aliphatic rings. The van der Waals surface area contributed by atoms with Crippen molar-refractivity contribution in [1.82, 2.24) is 0 Å². The number of aryl methyl sites for hydroxylation is 2. The van der Waals surface area contributed by atoms with Crippen LogP contribution in [-0.4, -0.2) is 12.7 Å². The number of hydrogen-bond donors (Lipinski definition) is 1. The summed E-state index contributed by atoms with van der Waals surface area (Å²) in [6.45, 7) is 7.68. The summed E-state index contributed by atoms with van der Waals surface area (Å²) in [4.78, 5) is 0. The summed E-state index contributed by atoms with van der Waals surface area (Å²) in [6, 6.07) is 3.14. The van der Waals surface area contributed by atoms with Crippen molar-refractivity contribution < 1.29 is 9.13 Å². The minimum atomic E-state index is -0.344. The lowest BCUT2D eigenvalue weighted by Crippen LogP contribution is -2.29. The summed E-state index contributed by atoms with van der Waals surface area (Å²) < 4.78 is 19.3. The molecule has 96 valence electrons. The molecule has 1 aromatic rings. The van der Waals surface area contributed by atoms with Gasteiger partial charge >= 0.3 is 0 Å². The molecule has 1 unspecified atom stereocenters. The second-order valence-electron chi connectivity index (χ2n) is 5.25. The topological polar surface area (TPSA) is 35.2 Å². The van der Waals surface area contributed by atoms with Gasteiger partial charge in [-0.05, 0) is 51.3 Å². The minimum absolute atomic E-state index is 0.220. The van der Waals surface area contributed by atoms with Crippen molar-refractivity contribution in [2.75, 3.05) is 7.11 Å². The number of nitrogens with two attached hydrogens (primary N) is 1. The highest BCUT2D eigenvalue weighted by atomic mass is 19.1. The Morgan fingerprint density at radius 2 is 1.94 bits per heavy atom. The van der Waals surface area contributed by atoms with E-state index in [0.717, 1.165) is 11.1 Å². The first-order valence-electron chi connectivity index (χ1n) is 5.84. The van der Waals surface area contributed by atoms with Gasteiger partial charge in [0.05, 0.1) is 5.60 Å². The van der Waals surface area contributed by atoms with Gasteiger partial charge in [0.15, 0.2) is 0 Å². The zero-order valence-electron chi connectivity index (χ0n) is 11.3. The maximum absolute atomic E-state index is 13.9. The van der Waals surface area contributed by atoms with Gasteiger partial charge in [-0.1, -0.05) is 6.07 Å². The lowest BCUT2D eigenvalue weighted by atomic mass is 9.91. The largest absolute Gasteiger partial charge is 0.379 e. The van der Waals surface area contributed by atoms with E-state index in [1.807, 2.05) is 33.8 Å². The van der Waals surface area contributed by atoms with Crippen molar-refractivity contribution in [2.45, 2.75) is 45.8 Å². The number of rotatable bonds is 4. The molecule has 0 saturated carbocycles. The summed E-state index contributed by atoms with van der Waals surface area (Å²) in [5.74, 6) is -0.220. The highest BCUT2D eigenvalue weighted by Gasteiger charge is 2.24. The molecule has 0 saturated heterocycles. The Bertz CT molecular complexity index is 378. The molecule has 0 amide bonds. The van der Waals surface area contributed by atoms with Crippen LogP contribution in [0.3, 0.4) is 0 Å². The van der Waals surface area contributed by atoms with Crippen molar-refractivity contribution in [3.05, 3.63) is 34.6 Å². The van der Waals surface area contributed by atoms with Crippen LogP contribution in [0.15, 0.2) is 12.1 Å². The van der Waals surface area contributed by atoms with Crippen LogP contribution in [0.1, 0.15) is 43.0 Å². The van der Waals surface area contributed by atoms with Crippen LogP contribution in [-0.2, 0) is 4.74 Å². The lowest BCUT2D eigenvalue weighted by molar-refractivity contribution is 0.00970. The molecule has 0 aliphatic carbocycles. The summed E-state index contributed by atoms with van der Waals surface area (Å²) >= 11 is 0. The normalized spacial score (nSPS) is 13.8. The summed E-state index contributed by atoms with van der Waals surface area (Å²) in [5.41, 5.74) is 8.17. The van der Waals surface area contributed by atoms with Gasteiger partial charge in [0.2, 0.25) is 0 Å². The summed E-state index contributed by atoms with van der Waals surface area (Å²) in [7, 11) is 1.64. The third-order valence-corrected chi connectivity index (χ3v) is 3.12. The van der Waals surface area contributed by atoms with E-state index in [1.54, 1.807) is 7.11 Å². The fraction of sp³-hybridized carbons (Fsp3) is 0.571. The molecule has 0 fully saturated rings. The van der Waals surface area contributed by atoms with Gasteiger partial charge < -0.3 is 10.5 Å². The smallest absolute Gasteiger partial charge is 0.128 e. The van der Waals surface area contributed by atoms with Crippen molar-refractivity contribution in [2.24, 2.45) is 5.73 Å². The molecule has 3 heteroatoms. The molecule has 0 spiro atoms. The molecular formula is C14H22FNO. The predicted octanol–water partition coefficient (Wildman–Crippen LogP) is 3.26. The van der Waals surface area contributed by atoms with E-state index in [-0.39, 0.29) is 17.5 Å². The Balaban J connectivity index is 3.01. The van der Waals surface area contributed by atoms with E-state index in [2.05, 4.69) is 0 Å². The van der Waals surface area contributed by atoms with E-state index >= 15 is 0 Å². The first-order valence-corrected chi connectivity index (χ1v) is 5.84. The summed E-state index contributed by atoms with van der Waals surface area (Å²) in [6.07, 6.45) is 0.588. The molecule has 1 aromatic carbocycles. The quantitative estimate of drug-likeness (QED) is 0.875. The maximum Gasteiger partial charge on any atom is 0.128 e. The van der Waals surface area contributed by atoms with Crippen molar-refractivity contribution in [3.8, 4) is 0 Å². The number of hydrogen-bond acceptors (Lipinski definition) is 2. The first kappa shape index (κ1) is 14.1. The van der Waals surface area contributed by atoms with Gasteiger partial charge in [0.1, 0.15) is 5.82 Å². The molecule has 0 heterocycles. The van der Waals surface area contributed by atoms with Gasteiger partial charge in [0, 0.05) is 18.7 Å². The second-order valence-corrected chi connectivity index (χ2v) is 5.25. The zero-order valence-corrected chi connectivity index (χ0v) is 11.3. The molecular weight excluding hydrogens is 217 g/mol. The average Bonchev–Trinajstić information content (AvgIpc) is 2.14. The van der Waals surface area contributed by atoms with E-state index in [4.69, 9.17) is 10.5 Å². The van der Waals surface area contributed by atoms with Gasteiger partial charge in [0.25, 0.3) is 0 Å². The molecule has 0 aromatic heterocycles. The fourth-order valence-electron chi connectivity index (χ4n) is 2.11. The van der Waals surface area contributed by atoms with E-state index in [9.17, 15) is 4.39 Å². The molecule has 0 radical (unpaired) electrons. The molecule has 1 rings (SSSR count). The number of halogens is 1. The average molecular weight is 239 g/mol. The molecule has 2 N–H and O–H groups in total. The predicted molar refractivity (Wildman–Crippen MR) is 68.5 cm³/mol. The van der Waals surface area contributed by atoms with Crippen LogP contribution in [0.4, 0.5) is 4.39 Å². The standard InChI is InChI=1S/C14H22FNO/c1-9-6-10(2)13(11(15)7-9)12(16)8-14(3,4)17-5/h6-7,12H,8,16H2,1-5H3. The molecule has 17 heavy (non-hydrogen) atoms. The number of methoxy groups -OCH3 is 1. The minimum Gasteiger partial charge on any atom is -0.379 e. The van der Waals surface area contributed by atoms with Crippen LogP contribution in [0.25, 0.3) is 0 Å². The molecule has 0 aliphatic heterocycles. The fourth-order valence-corrected chi connectivity index (χ4v) is 2.11. The van der Waals surface area contributed by atoms with E-state index in [1.165, 1.54) is 6.07 Å². The van der Waals surface area contributed by atoms with Gasteiger partial charge in [-0.3, -0.25) is 0 Å². The monoisotopic (exact) mass is 239 g/mol. The van der Waals surface area contributed by atoms with Gasteiger partial charge in [-0.15, -0.1) is 0 Å². The lowest BCUT2D eigenvalue weighted by Gasteiger charge is -2.27. The second kappa shape index (κ2) is 5.15. The van der Waals surface area contributed by atoms with Gasteiger partial charge in [-0.25, -0.2) is 4.39 Å². The van der Waals surface area contributed by atoms with Crippen LogP contribution in [0.2, 0.25) is 0 Å². The first-order chi connectivity index (χ1) is 7.76. The molecule has 0 bridgehead atoms. The number of ether oxygens (including phenoxy) is 1. The van der Waals surface area contributed by atoms with Crippen molar-refractivity contribution >= 4 is 0 Å². The van der Waals surface area contributed by atoms with Crippen LogP contribution < -0.4 is 5.73 Å². The zero-order chi connectivity index (χ0) is 13.2. The Kier molecular flexibility index (Phi) is 4.28. The van der Waals surface area contributed by atoms with Crippen molar-refractivity contribution in [1.29, 1.82) is 0 Å². The third-order valence-electron chi connectivity index (χ3n) is 3.12. The Labute approximate surface area is 103 Å². The van der Waals surface area contributed by atoms with Crippen LogP contribution >= 0.6 is 0 Å². The highest BCUT2D eigenvalue weighted by molar-refractivity contribution is 5.34. The highest BCUT2D eigenvalue weighted by Crippen LogP contribution is 2.28. The van der Waals surface area contributed by atoms with E-state index in [0.29, 0.717) is 12.0 Å². The Morgan fingerprint density at radius 3 is 2.41 bits per heavy atom. The maximum atomic E-state index is 13.9. The molecule has 1 atom stereocenters.